The Labute approximate surface area is 119 Å². The summed E-state index contributed by atoms with van der Waals surface area (Å²) < 4.78 is 5.26. The van der Waals surface area contributed by atoms with Gasteiger partial charge in [0.1, 0.15) is 6.61 Å². The maximum absolute atomic E-state index is 12.0. The van der Waals surface area contributed by atoms with Gasteiger partial charge in [0.25, 0.3) is 0 Å². The van der Waals surface area contributed by atoms with Crippen molar-refractivity contribution in [1.29, 1.82) is 0 Å². The van der Waals surface area contributed by atoms with Crippen molar-refractivity contribution in [3.63, 3.8) is 0 Å². The summed E-state index contributed by atoms with van der Waals surface area (Å²) in [7, 11) is 0. The quantitative estimate of drug-likeness (QED) is 0.830. The molecule has 0 aliphatic rings. The largest absolute Gasteiger partial charge is 0.445 e. The molecule has 1 aromatic rings. The molecule has 0 unspecified atom stereocenters. The lowest BCUT2D eigenvalue weighted by Crippen LogP contribution is -2.37. The van der Waals surface area contributed by atoms with Gasteiger partial charge in [0.05, 0.1) is 0 Å². The Morgan fingerprint density at radius 2 is 1.90 bits per heavy atom. The van der Waals surface area contributed by atoms with Gasteiger partial charge in [-0.2, -0.15) is 0 Å². The topological polar surface area (TPSA) is 72.6 Å². The fourth-order valence-electron chi connectivity index (χ4n) is 1.75. The van der Waals surface area contributed by atoms with Crippen molar-refractivity contribution in [3.8, 4) is 0 Å². The first-order chi connectivity index (χ1) is 9.49. The van der Waals surface area contributed by atoms with E-state index in [1.165, 1.54) is 4.90 Å². The Balaban J connectivity index is 2.51. The lowest BCUT2D eigenvalue weighted by molar-refractivity contribution is -0.118. The van der Waals surface area contributed by atoms with Crippen molar-refractivity contribution >= 4 is 12.0 Å². The summed E-state index contributed by atoms with van der Waals surface area (Å²) in [5.41, 5.74) is 6.05. The Hall–Kier alpha value is -2.04. The lowest BCUT2D eigenvalue weighted by Gasteiger charge is -2.23. The molecule has 0 aliphatic carbocycles. The number of rotatable bonds is 7. The number of hydrogen-bond acceptors (Lipinski definition) is 3. The van der Waals surface area contributed by atoms with E-state index in [4.69, 9.17) is 10.5 Å². The van der Waals surface area contributed by atoms with E-state index < -0.39 is 12.0 Å². The van der Waals surface area contributed by atoms with Crippen LogP contribution in [0.4, 0.5) is 4.79 Å². The minimum atomic E-state index is -0.422. The number of primary amides is 1. The van der Waals surface area contributed by atoms with Crippen LogP contribution >= 0.6 is 0 Å². The number of hydrogen-bond donors (Lipinski definition) is 1. The van der Waals surface area contributed by atoms with E-state index in [0.717, 1.165) is 5.56 Å². The molecule has 0 fully saturated rings. The van der Waals surface area contributed by atoms with Crippen LogP contribution in [0.3, 0.4) is 0 Å². The molecular formula is C15H22N2O3. The second-order valence-electron chi connectivity index (χ2n) is 5.10. The van der Waals surface area contributed by atoms with Crippen molar-refractivity contribution in [2.24, 2.45) is 11.7 Å². The molecule has 0 aromatic heterocycles. The molecule has 1 aromatic carbocycles. The number of ether oxygens (including phenoxy) is 1. The van der Waals surface area contributed by atoms with Crippen LogP contribution in [0, 0.1) is 5.92 Å². The molecule has 5 nitrogen and oxygen atoms in total. The molecule has 0 spiro atoms. The van der Waals surface area contributed by atoms with Crippen LogP contribution in [0.1, 0.15) is 25.8 Å². The SMILES string of the molecule is CC(C)CN(CCC(N)=O)C(=O)OCc1ccccc1. The molecule has 2 amide bonds. The summed E-state index contributed by atoms with van der Waals surface area (Å²) in [5.74, 6) is -0.123. The van der Waals surface area contributed by atoms with E-state index in [9.17, 15) is 9.59 Å². The minimum Gasteiger partial charge on any atom is -0.445 e. The summed E-state index contributed by atoms with van der Waals surface area (Å²) >= 11 is 0. The van der Waals surface area contributed by atoms with Crippen LogP contribution in [0.25, 0.3) is 0 Å². The summed E-state index contributed by atoms with van der Waals surface area (Å²) in [6, 6.07) is 9.47. The highest BCUT2D eigenvalue weighted by Crippen LogP contribution is 2.06. The molecule has 0 bridgehead atoms. The van der Waals surface area contributed by atoms with Crippen LogP contribution in [0.15, 0.2) is 30.3 Å². The Bertz CT molecular complexity index is 432. The first-order valence-electron chi connectivity index (χ1n) is 6.73. The van der Waals surface area contributed by atoms with Gasteiger partial charge in [-0.15, -0.1) is 0 Å². The normalized spacial score (nSPS) is 10.3. The molecule has 0 saturated carbocycles. The molecule has 0 saturated heterocycles. The average molecular weight is 278 g/mol. The molecule has 1 rings (SSSR count). The molecular weight excluding hydrogens is 256 g/mol. The Morgan fingerprint density at radius 3 is 2.45 bits per heavy atom. The zero-order chi connectivity index (χ0) is 15.0. The van der Waals surface area contributed by atoms with E-state index in [1.54, 1.807) is 0 Å². The van der Waals surface area contributed by atoms with E-state index in [2.05, 4.69) is 0 Å². The number of carbonyl (C=O) groups is 2. The maximum Gasteiger partial charge on any atom is 0.410 e. The van der Waals surface area contributed by atoms with Crippen molar-refractivity contribution in [2.75, 3.05) is 13.1 Å². The highest BCUT2D eigenvalue weighted by atomic mass is 16.6. The third-order valence-electron chi connectivity index (χ3n) is 2.68. The number of amides is 2. The van der Waals surface area contributed by atoms with Crippen molar-refractivity contribution in [3.05, 3.63) is 35.9 Å². The van der Waals surface area contributed by atoms with E-state index in [0.29, 0.717) is 19.0 Å². The minimum absolute atomic E-state index is 0.146. The van der Waals surface area contributed by atoms with Gasteiger partial charge in [0, 0.05) is 19.5 Å². The molecule has 5 heteroatoms. The standard InChI is InChI=1S/C15H22N2O3/c1-12(2)10-17(9-8-14(16)18)15(19)20-11-13-6-4-3-5-7-13/h3-7,12H,8-11H2,1-2H3,(H2,16,18). The van der Waals surface area contributed by atoms with Gasteiger partial charge in [-0.3, -0.25) is 4.79 Å². The van der Waals surface area contributed by atoms with Crippen molar-refractivity contribution in [2.45, 2.75) is 26.9 Å². The fraction of sp³-hybridized carbons (Fsp3) is 0.467. The van der Waals surface area contributed by atoms with Gasteiger partial charge in [0.2, 0.25) is 5.91 Å². The summed E-state index contributed by atoms with van der Waals surface area (Å²) in [5, 5.41) is 0. The molecule has 2 N–H and O–H groups in total. The monoisotopic (exact) mass is 278 g/mol. The van der Waals surface area contributed by atoms with Gasteiger partial charge in [-0.05, 0) is 11.5 Å². The first-order valence-corrected chi connectivity index (χ1v) is 6.73. The van der Waals surface area contributed by atoms with Crippen LogP contribution in [-0.4, -0.2) is 30.0 Å². The third-order valence-corrected chi connectivity index (χ3v) is 2.68. The molecule has 20 heavy (non-hydrogen) atoms. The predicted molar refractivity (Wildman–Crippen MR) is 76.8 cm³/mol. The van der Waals surface area contributed by atoms with Crippen molar-refractivity contribution < 1.29 is 14.3 Å². The van der Waals surface area contributed by atoms with E-state index in [-0.39, 0.29) is 13.0 Å². The molecule has 110 valence electrons. The molecule has 0 radical (unpaired) electrons. The number of carbonyl (C=O) groups excluding carboxylic acids is 2. The van der Waals surface area contributed by atoms with Crippen LogP contribution in [0.2, 0.25) is 0 Å². The molecule has 0 aliphatic heterocycles. The average Bonchev–Trinajstić information content (AvgIpc) is 2.41. The van der Waals surface area contributed by atoms with Gasteiger partial charge < -0.3 is 15.4 Å². The maximum atomic E-state index is 12.0. The van der Waals surface area contributed by atoms with Gasteiger partial charge in [-0.25, -0.2) is 4.79 Å². The smallest absolute Gasteiger partial charge is 0.410 e. The first kappa shape index (κ1) is 16.0. The van der Waals surface area contributed by atoms with Crippen LogP contribution in [-0.2, 0) is 16.1 Å². The Kier molecular flexibility index (Phi) is 6.56. The summed E-state index contributed by atoms with van der Waals surface area (Å²) in [6.07, 6.45) is -0.267. The highest BCUT2D eigenvalue weighted by molar-refractivity contribution is 5.75. The number of benzene rings is 1. The van der Waals surface area contributed by atoms with E-state index >= 15 is 0 Å². The molecule has 0 atom stereocenters. The Morgan fingerprint density at radius 1 is 1.25 bits per heavy atom. The number of nitrogens with zero attached hydrogens (tertiary/aromatic N) is 1. The zero-order valence-electron chi connectivity index (χ0n) is 12.0. The van der Waals surface area contributed by atoms with Crippen LogP contribution in [0.5, 0.6) is 0 Å². The van der Waals surface area contributed by atoms with Crippen LogP contribution < -0.4 is 5.73 Å². The summed E-state index contributed by atoms with van der Waals surface area (Å²) in [4.78, 5) is 24.4. The van der Waals surface area contributed by atoms with Crippen molar-refractivity contribution in [1.82, 2.24) is 4.90 Å². The third kappa shape index (κ3) is 6.22. The summed E-state index contributed by atoms with van der Waals surface area (Å²) in [6.45, 7) is 5.07. The second-order valence-corrected chi connectivity index (χ2v) is 5.10. The molecule has 0 heterocycles. The highest BCUT2D eigenvalue weighted by Gasteiger charge is 2.17. The van der Waals surface area contributed by atoms with Gasteiger partial charge >= 0.3 is 6.09 Å². The second kappa shape index (κ2) is 8.19. The predicted octanol–water partition coefficient (Wildman–Crippen LogP) is 2.16. The zero-order valence-corrected chi connectivity index (χ0v) is 12.0. The lowest BCUT2D eigenvalue weighted by atomic mass is 10.2. The van der Waals surface area contributed by atoms with Gasteiger partial charge in [-0.1, -0.05) is 44.2 Å². The fourth-order valence-corrected chi connectivity index (χ4v) is 1.75. The van der Waals surface area contributed by atoms with E-state index in [1.807, 2.05) is 44.2 Å². The van der Waals surface area contributed by atoms with Gasteiger partial charge in [0.15, 0.2) is 0 Å². The number of nitrogens with two attached hydrogens (primary N) is 1.